The van der Waals surface area contributed by atoms with E-state index in [0.29, 0.717) is 29.3 Å². The molecule has 0 saturated carbocycles. The number of fused-ring (bicyclic) bond motifs is 1. The van der Waals surface area contributed by atoms with Gasteiger partial charge in [-0.1, -0.05) is 30.3 Å². The Hall–Kier alpha value is -3.78. The van der Waals surface area contributed by atoms with E-state index in [-0.39, 0.29) is 5.82 Å². The van der Waals surface area contributed by atoms with Crippen LogP contribution in [0.25, 0.3) is 27.3 Å². The van der Waals surface area contributed by atoms with Gasteiger partial charge in [-0.2, -0.15) is 4.98 Å². The standard InChI is InChI=1S/C23H19FN6S/c1-14-5-2-8-17(11-14)30-21(25)19-20(18-9-4-10-31-18)27-23(28-22(19)29-30)26-13-15-6-3-7-16(24)12-15/h2-12H,13,25H2,1H3,(H,26,28,29). The molecule has 31 heavy (non-hydrogen) atoms. The van der Waals surface area contributed by atoms with Crippen molar-refractivity contribution in [3.05, 3.63) is 83.0 Å². The summed E-state index contributed by atoms with van der Waals surface area (Å²) >= 11 is 1.57. The normalized spacial score (nSPS) is 11.2. The monoisotopic (exact) mass is 430 g/mol. The fraction of sp³-hybridized carbons (Fsp3) is 0.0870. The first kappa shape index (κ1) is 19.2. The Kier molecular flexibility index (Phi) is 4.83. The van der Waals surface area contributed by atoms with Gasteiger partial charge in [-0.3, -0.25) is 0 Å². The lowest BCUT2D eigenvalue weighted by atomic mass is 10.2. The molecule has 0 radical (unpaired) electrons. The number of rotatable bonds is 5. The minimum absolute atomic E-state index is 0.278. The van der Waals surface area contributed by atoms with Crippen LogP contribution in [0.4, 0.5) is 16.2 Å². The third kappa shape index (κ3) is 3.73. The lowest BCUT2D eigenvalue weighted by Gasteiger charge is -2.08. The predicted molar refractivity (Wildman–Crippen MR) is 123 cm³/mol. The molecule has 0 aliphatic carbocycles. The summed E-state index contributed by atoms with van der Waals surface area (Å²) in [6, 6.07) is 18.3. The van der Waals surface area contributed by atoms with Crippen LogP contribution in [0, 0.1) is 12.7 Å². The molecule has 0 unspecified atom stereocenters. The molecule has 0 fully saturated rings. The molecule has 0 saturated heterocycles. The second-order valence-corrected chi connectivity index (χ2v) is 8.14. The second-order valence-electron chi connectivity index (χ2n) is 7.19. The number of nitrogens with two attached hydrogens (primary N) is 1. The van der Waals surface area contributed by atoms with Gasteiger partial charge in [0.05, 0.1) is 21.6 Å². The van der Waals surface area contributed by atoms with Crippen LogP contribution in [0.3, 0.4) is 0 Å². The van der Waals surface area contributed by atoms with Gasteiger partial charge in [-0.15, -0.1) is 16.4 Å². The van der Waals surface area contributed by atoms with Crippen molar-refractivity contribution in [1.29, 1.82) is 0 Å². The number of hydrogen-bond donors (Lipinski definition) is 2. The molecule has 2 aromatic carbocycles. The lowest BCUT2D eigenvalue weighted by molar-refractivity contribution is 0.626. The number of hydrogen-bond acceptors (Lipinski definition) is 6. The molecule has 0 bridgehead atoms. The zero-order valence-electron chi connectivity index (χ0n) is 16.7. The Morgan fingerprint density at radius 3 is 2.71 bits per heavy atom. The van der Waals surface area contributed by atoms with Gasteiger partial charge in [0, 0.05) is 6.54 Å². The number of anilines is 2. The Balaban J connectivity index is 1.61. The Labute approximate surface area is 182 Å². The van der Waals surface area contributed by atoms with E-state index in [1.54, 1.807) is 22.1 Å². The Morgan fingerprint density at radius 2 is 1.94 bits per heavy atom. The van der Waals surface area contributed by atoms with E-state index >= 15 is 0 Å². The van der Waals surface area contributed by atoms with Crippen molar-refractivity contribution in [3.8, 4) is 16.3 Å². The fourth-order valence-corrected chi connectivity index (χ4v) is 4.19. The predicted octanol–water partition coefficient (Wildman–Crippen LogP) is 5.19. The number of benzene rings is 2. The molecule has 0 amide bonds. The average molecular weight is 431 g/mol. The molecule has 3 aromatic heterocycles. The van der Waals surface area contributed by atoms with Crippen LogP contribution >= 0.6 is 11.3 Å². The first-order valence-electron chi connectivity index (χ1n) is 9.74. The van der Waals surface area contributed by atoms with Crippen molar-refractivity contribution in [2.75, 3.05) is 11.1 Å². The average Bonchev–Trinajstić information content (AvgIpc) is 3.40. The van der Waals surface area contributed by atoms with Crippen LogP contribution in [0.1, 0.15) is 11.1 Å². The summed E-state index contributed by atoms with van der Waals surface area (Å²) in [7, 11) is 0. The maximum Gasteiger partial charge on any atom is 0.225 e. The number of nitrogen functional groups attached to an aromatic ring is 1. The number of nitrogens with one attached hydrogen (secondary N) is 1. The van der Waals surface area contributed by atoms with Crippen LogP contribution in [-0.2, 0) is 6.54 Å². The van der Waals surface area contributed by atoms with E-state index in [4.69, 9.17) is 10.7 Å². The highest BCUT2D eigenvalue weighted by molar-refractivity contribution is 7.13. The maximum absolute atomic E-state index is 13.5. The number of aromatic nitrogens is 4. The van der Waals surface area contributed by atoms with Crippen LogP contribution in [0.15, 0.2) is 66.0 Å². The van der Waals surface area contributed by atoms with Crippen LogP contribution in [0.2, 0.25) is 0 Å². The highest BCUT2D eigenvalue weighted by Crippen LogP contribution is 2.35. The third-order valence-electron chi connectivity index (χ3n) is 4.91. The molecule has 3 heterocycles. The topological polar surface area (TPSA) is 81.7 Å². The van der Waals surface area contributed by atoms with Crippen molar-refractivity contribution in [1.82, 2.24) is 19.7 Å². The summed E-state index contributed by atoms with van der Waals surface area (Å²) in [6.07, 6.45) is 0. The van der Waals surface area contributed by atoms with Gasteiger partial charge in [-0.25, -0.2) is 14.1 Å². The molecule has 5 aromatic rings. The van der Waals surface area contributed by atoms with Gasteiger partial charge in [-0.05, 0) is 53.8 Å². The molecule has 6 nitrogen and oxygen atoms in total. The van der Waals surface area contributed by atoms with Crippen molar-refractivity contribution in [2.45, 2.75) is 13.5 Å². The SMILES string of the molecule is Cc1cccc(-n2nc3nc(NCc4cccc(F)c4)nc(-c4cccs4)c3c2N)c1. The van der Waals surface area contributed by atoms with Crippen molar-refractivity contribution >= 4 is 34.1 Å². The highest BCUT2D eigenvalue weighted by Gasteiger charge is 2.19. The lowest BCUT2D eigenvalue weighted by Crippen LogP contribution is -2.05. The number of halogens is 1. The molecule has 0 aliphatic rings. The largest absolute Gasteiger partial charge is 0.383 e. The molecule has 3 N–H and O–H groups in total. The van der Waals surface area contributed by atoms with E-state index < -0.39 is 0 Å². The molecule has 5 rings (SSSR count). The first-order valence-corrected chi connectivity index (χ1v) is 10.6. The first-order chi connectivity index (χ1) is 15.1. The zero-order chi connectivity index (χ0) is 21.4. The minimum Gasteiger partial charge on any atom is -0.383 e. The summed E-state index contributed by atoms with van der Waals surface area (Å²) in [5.74, 6) is 0.620. The Bertz CT molecular complexity index is 1380. The van der Waals surface area contributed by atoms with Crippen molar-refractivity contribution < 1.29 is 4.39 Å². The van der Waals surface area contributed by atoms with E-state index in [1.165, 1.54) is 12.1 Å². The van der Waals surface area contributed by atoms with Gasteiger partial charge in [0.25, 0.3) is 0 Å². The summed E-state index contributed by atoms with van der Waals surface area (Å²) in [4.78, 5) is 10.3. The summed E-state index contributed by atoms with van der Waals surface area (Å²) in [6.45, 7) is 2.41. The Morgan fingerprint density at radius 1 is 1.06 bits per heavy atom. The van der Waals surface area contributed by atoms with Crippen LogP contribution < -0.4 is 11.1 Å². The van der Waals surface area contributed by atoms with E-state index in [2.05, 4.69) is 15.4 Å². The van der Waals surface area contributed by atoms with Gasteiger partial charge < -0.3 is 11.1 Å². The van der Waals surface area contributed by atoms with Crippen LogP contribution in [-0.4, -0.2) is 19.7 Å². The van der Waals surface area contributed by atoms with Crippen molar-refractivity contribution in [2.24, 2.45) is 0 Å². The second kappa shape index (κ2) is 7.81. The van der Waals surface area contributed by atoms with Crippen LogP contribution in [0.5, 0.6) is 0 Å². The highest BCUT2D eigenvalue weighted by atomic mass is 32.1. The quantitative estimate of drug-likeness (QED) is 0.401. The molecule has 8 heteroatoms. The fourth-order valence-electron chi connectivity index (χ4n) is 3.47. The maximum atomic E-state index is 13.5. The summed E-state index contributed by atoms with van der Waals surface area (Å²) in [5, 5.41) is 10.6. The van der Waals surface area contributed by atoms with Gasteiger partial charge in [0.1, 0.15) is 11.6 Å². The van der Waals surface area contributed by atoms with E-state index in [9.17, 15) is 4.39 Å². The minimum atomic E-state index is -0.278. The molecular formula is C23H19FN6S. The summed E-state index contributed by atoms with van der Waals surface area (Å²) in [5.41, 5.74) is 10.5. The molecule has 154 valence electrons. The van der Waals surface area contributed by atoms with E-state index in [1.807, 2.05) is 54.8 Å². The van der Waals surface area contributed by atoms with Gasteiger partial charge in [0.2, 0.25) is 5.95 Å². The zero-order valence-corrected chi connectivity index (χ0v) is 17.5. The van der Waals surface area contributed by atoms with E-state index in [0.717, 1.165) is 27.4 Å². The molecule has 0 aliphatic heterocycles. The third-order valence-corrected chi connectivity index (χ3v) is 5.79. The molecular weight excluding hydrogens is 411 g/mol. The number of thiophene rings is 1. The smallest absolute Gasteiger partial charge is 0.225 e. The van der Waals surface area contributed by atoms with Gasteiger partial charge >= 0.3 is 0 Å². The van der Waals surface area contributed by atoms with Crippen molar-refractivity contribution in [3.63, 3.8) is 0 Å². The molecule has 0 spiro atoms. The number of nitrogens with zero attached hydrogens (tertiary/aromatic N) is 4. The summed E-state index contributed by atoms with van der Waals surface area (Å²) < 4.78 is 15.2. The molecule has 0 atom stereocenters. The van der Waals surface area contributed by atoms with Gasteiger partial charge in [0.15, 0.2) is 5.65 Å². The number of aryl methyl sites for hydroxylation is 1.